The van der Waals surface area contributed by atoms with E-state index in [9.17, 15) is 9.59 Å². The second-order valence-corrected chi connectivity index (χ2v) is 8.55. The molecule has 0 aromatic heterocycles. The number of quaternary nitrogens is 1. The summed E-state index contributed by atoms with van der Waals surface area (Å²) < 4.78 is 0. The Balaban J connectivity index is 1.85. The number of carbonyl (C=O) groups excluding carboxylic acids is 2. The van der Waals surface area contributed by atoms with Crippen LogP contribution in [-0.2, 0) is 16.0 Å². The van der Waals surface area contributed by atoms with Crippen molar-refractivity contribution >= 4 is 11.8 Å². The van der Waals surface area contributed by atoms with Crippen LogP contribution in [0.25, 0.3) is 0 Å². The maximum atomic E-state index is 13.2. The normalized spacial score (nSPS) is 17.0. The van der Waals surface area contributed by atoms with Crippen LogP contribution in [0.2, 0.25) is 0 Å². The molecule has 1 heterocycles. The molecule has 1 aliphatic rings. The molecule has 0 saturated carbocycles. The molecule has 4 N–H and O–H groups in total. The Hall–Kier alpha value is -1.88. The zero-order valence-electron chi connectivity index (χ0n) is 18.4. The molecule has 5 nitrogen and oxygen atoms in total. The summed E-state index contributed by atoms with van der Waals surface area (Å²) in [5.41, 5.74) is 5.21. The van der Waals surface area contributed by atoms with E-state index < -0.39 is 6.04 Å². The van der Waals surface area contributed by atoms with Crippen LogP contribution < -0.4 is 11.1 Å². The highest BCUT2D eigenvalue weighted by Gasteiger charge is 2.32. The quantitative estimate of drug-likeness (QED) is 0.558. The van der Waals surface area contributed by atoms with E-state index >= 15 is 0 Å². The highest BCUT2D eigenvalue weighted by atomic mass is 16.2. The zero-order valence-corrected chi connectivity index (χ0v) is 18.4. The predicted octanol–water partition coefficient (Wildman–Crippen LogP) is 2.80. The first-order chi connectivity index (χ1) is 14.0. The van der Waals surface area contributed by atoms with Crippen molar-refractivity contribution in [3.63, 3.8) is 0 Å². The van der Waals surface area contributed by atoms with E-state index in [1.165, 1.54) is 5.56 Å². The largest absolute Gasteiger partial charge is 0.358 e. The van der Waals surface area contributed by atoms with E-state index in [1.807, 2.05) is 4.90 Å². The fraction of sp³-hybridized carbons (Fsp3) is 0.667. The van der Waals surface area contributed by atoms with Crippen molar-refractivity contribution in [3.8, 4) is 0 Å². The van der Waals surface area contributed by atoms with Crippen molar-refractivity contribution in [2.24, 2.45) is 11.8 Å². The molecule has 1 saturated heterocycles. The van der Waals surface area contributed by atoms with Crippen LogP contribution >= 0.6 is 0 Å². The molecule has 0 aliphatic carbocycles. The third-order valence-corrected chi connectivity index (χ3v) is 6.24. The van der Waals surface area contributed by atoms with Gasteiger partial charge in [-0.25, -0.2) is 0 Å². The molecule has 0 radical (unpaired) electrons. The fourth-order valence-electron chi connectivity index (χ4n) is 4.07. The highest BCUT2D eigenvalue weighted by molar-refractivity contribution is 5.88. The van der Waals surface area contributed by atoms with Crippen LogP contribution in [0.4, 0.5) is 0 Å². The van der Waals surface area contributed by atoms with Crippen molar-refractivity contribution in [2.45, 2.75) is 71.3 Å². The van der Waals surface area contributed by atoms with Crippen LogP contribution in [-0.4, -0.2) is 42.4 Å². The molecule has 0 bridgehead atoms. The number of nitrogens with one attached hydrogen (secondary N) is 1. The van der Waals surface area contributed by atoms with E-state index in [1.54, 1.807) is 0 Å². The van der Waals surface area contributed by atoms with Gasteiger partial charge in [0, 0.05) is 19.5 Å². The smallest absolute Gasteiger partial charge is 0.245 e. The average molecular weight is 403 g/mol. The summed E-state index contributed by atoms with van der Waals surface area (Å²) in [5, 5.41) is 3.05. The Morgan fingerprint density at radius 3 is 2.45 bits per heavy atom. The Kier molecular flexibility index (Phi) is 10.2. The number of hydrogen-bond donors (Lipinski definition) is 2. The number of rotatable bonds is 11. The van der Waals surface area contributed by atoms with Gasteiger partial charge in [-0.1, -0.05) is 50.6 Å². The molecule has 29 heavy (non-hydrogen) atoms. The standard InChI is InChI=1S/C24H39N3O2/c1-3-19(2)23(26-22(28)12-8-5-9-15-25)24(29)27-16-13-21(14-17-27)18-20-10-6-4-7-11-20/h4,6-7,10-11,19,21,23H,3,5,8-9,12-18,25H2,1-2H3,(H,26,28)/p+1/t19-,23-/m1/s1. The summed E-state index contributed by atoms with van der Waals surface area (Å²) in [5.74, 6) is 0.884. The van der Waals surface area contributed by atoms with Crippen molar-refractivity contribution in [3.05, 3.63) is 35.9 Å². The van der Waals surface area contributed by atoms with E-state index in [2.05, 4.69) is 55.2 Å². The summed E-state index contributed by atoms with van der Waals surface area (Å²) in [4.78, 5) is 27.5. The number of likely N-dealkylation sites (tertiary alicyclic amines) is 1. The lowest BCUT2D eigenvalue weighted by atomic mass is 9.89. The van der Waals surface area contributed by atoms with Gasteiger partial charge in [0.1, 0.15) is 6.04 Å². The molecule has 1 fully saturated rings. The summed E-state index contributed by atoms with van der Waals surface area (Å²) in [6.45, 7) is 6.65. The van der Waals surface area contributed by atoms with Gasteiger partial charge in [0.25, 0.3) is 0 Å². The van der Waals surface area contributed by atoms with Crippen LogP contribution in [0, 0.1) is 11.8 Å². The maximum absolute atomic E-state index is 13.2. The lowest BCUT2D eigenvalue weighted by Crippen LogP contribution is -2.53. The third kappa shape index (κ3) is 7.81. The summed E-state index contributed by atoms with van der Waals surface area (Å²) in [6.07, 6.45) is 7.48. The lowest BCUT2D eigenvalue weighted by Gasteiger charge is -2.36. The minimum atomic E-state index is -0.397. The summed E-state index contributed by atoms with van der Waals surface area (Å²) in [6, 6.07) is 10.2. The van der Waals surface area contributed by atoms with Gasteiger partial charge in [0.05, 0.1) is 6.54 Å². The van der Waals surface area contributed by atoms with Gasteiger partial charge in [-0.3, -0.25) is 9.59 Å². The Labute approximate surface area is 176 Å². The fourth-order valence-corrected chi connectivity index (χ4v) is 4.07. The molecule has 5 heteroatoms. The number of amides is 2. The number of piperidine rings is 1. The van der Waals surface area contributed by atoms with Gasteiger partial charge < -0.3 is 16.0 Å². The molecule has 1 aliphatic heterocycles. The van der Waals surface area contributed by atoms with E-state index in [0.717, 1.165) is 64.6 Å². The first kappa shape index (κ1) is 23.4. The second kappa shape index (κ2) is 12.6. The lowest BCUT2D eigenvalue weighted by molar-refractivity contribution is -0.368. The van der Waals surface area contributed by atoms with Crippen molar-refractivity contribution in [2.75, 3.05) is 19.6 Å². The van der Waals surface area contributed by atoms with Gasteiger partial charge in [-0.2, -0.15) is 0 Å². The molecule has 2 atom stereocenters. The first-order valence-corrected chi connectivity index (χ1v) is 11.5. The average Bonchev–Trinajstić information content (AvgIpc) is 2.75. The number of hydrogen-bond acceptors (Lipinski definition) is 2. The number of unbranched alkanes of at least 4 members (excludes halogenated alkanes) is 2. The van der Waals surface area contributed by atoms with Crippen LogP contribution in [0.5, 0.6) is 0 Å². The van der Waals surface area contributed by atoms with Gasteiger partial charge in [-0.15, -0.1) is 0 Å². The molecule has 2 rings (SSSR count). The summed E-state index contributed by atoms with van der Waals surface area (Å²) in [7, 11) is 0. The van der Waals surface area contributed by atoms with E-state index in [-0.39, 0.29) is 17.7 Å². The Bertz CT molecular complexity index is 612. The molecule has 1 aromatic carbocycles. The SMILES string of the molecule is CC[C@@H](C)[C@@H](NC(=O)CCCCC[NH3+])C(=O)N1CCC(Cc2ccccc2)CC1. The van der Waals surface area contributed by atoms with Crippen LogP contribution in [0.1, 0.15) is 64.4 Å². The van der Waals surface area contributed by atoms with Crippen molar-refractivity contribution in [1.82, 2.24) is 10.2 Å². The number of benzene rings is 1. The van der Waals surface area contributed by atoms with Crippen LogP contribution in [0.15, 0.2) is 30.3 Å². The Morgan fingerprint density at radius 1 is 1.14 bits per heavy atom. The highest BCUT2D eigenvalue weighted by Crippen LogP contribution is 2.23. The van der Waals surface area contributed by atoms with E-state index in [0.29, 0.717) is 12.3 Å². The molecule has 162 valence electrons. The summed E-state index contributed by atoms with van der Waals surface area (Å²) >= 11 is 0. The Morgan fingerprint density at radius 2 is 1.83 bits per heavy atom. The number of nitrogens with zero attached hydrogens (tertiary/aromatic N) is 1. The minimum Gasteiger partial charge on any atom is -0.358 e. The van der Waals surface area contributed by atoms with Gasteiger partial charge in [0.15, 0.2) is 0 Å². The molecule has 0 spiro atoms. The van der Waals surface area contributed by atoms with E-state index in [4.69, 9.17) is 0 Å². The number of carbonyl (C=O) groups is 2. The maximum Gasteiger partial charge on any atom is 0.245 e. The minimum absolute atomic E-state index is 0.00618. The molecule has 2 amide bonds. The molecule has 1 aromatic rings. The van der Waals surface area contributed by atoms with Gasteiger partial charge >= 0.3 is 0 Å². The zero-order chi connectivity index (χ0) is 21.1. The van der Waals surface area contributed by atoms with Crippen LogP contribution in [0.3, 0.4) is 0 Å². The van der Waals surface area contributed by atoms with Gasteiger partial charge in [-0.05, 0) is 55.9 Å². The molecular weight excluding hydrogens is 362 g/mol. The molecule has 0 unspecified atom stereocenters. The topological polar surface area (TPSA) is 77.0 Å². The first-order valence-electron chi connectivity index (χ1n) is 11.5. The molecular formula is C24H40N3O2+. The van der Waals surface area contributed by atoms with Crippen molar-refractivity contribution < 1.29 is 15.3 Å². The predicted molar refractivity (Wildman–Crippen MR) is 117 cm³/mol. The van der Waals surface area contributed by atoms with Gasteiger partial charge in [0.2, 0.25) is 11.8 Å². The second-order valence-electron chi connectivity index (χ2n) is 8.55. The monoisotopic (exact) mass is 402 g/mol. The van der Waals surface area contributed by atoms with Crippen molar-refractivity contribution in [1.29, 1.82) is 0 Å². The third-order valence-electron chi connectivity index (χ3n) is 6.24.